The van der Waals surface area contributed by atoms with E-state index in [0.717, 1.165) is 5.56 Å². The Bertz CT molecular complexity index is 1250. The number of carbonyl (C=O) groups excluding carboxylic acids is 2. The van der Waals surface area contributed by atoms with Gasteiger partial charge in [-0.25, -0.2) is 9.59 Å². The van der Waals surface area contributed by atoms with Gasteiger partial charge < -0.3 is 20.2 Å². The van der Waals surface area contributed by atoms with Crippen LogP contribution in [0.5, 0.6) is 0 Å². The Balaban J connectivity index is 1.78. The summed E-state index contributed by atoms with van der Waals surface area (Å²) in [6.07, 6.45) is 0.368. The van der Waals surface area contributed by atoms with E-state index in [-0.39, 0.29) is 34.8 Å². The highest BCUT2D eigenvalue weighted by molar-refractivity contribution is 5.94. The molecule has 0 bridgehead atoms. The topological polar surface area (TPSA) is 133 Å². The lowest BCUT2D eigenvalue weighted by atomic mass is 9.86. The van der Waals surface area contributed by atoms with Gasteiger partial charge in [-0.2, -0.15) is 0 Å². The van der Waals surface area contributed by atoms with E-state index in [0.29, 0.717) is 24.1 Å². The molecule has 2 aromatic rings. The molecule has 2 N–H and O–H groups in total. The molecule has 0 aliphatic carbocycles. The van der Waals surface area contributed by atoms with Crippen LogP contribution in [0.3, 0.4) is 0 Å². The lowest BCUT2D eigenvalue weighted by Gasteiger charge is -2.37. The zero-order chi connectivity index (χ0) is 27.5. The Morgan fingerprint density at radius 1 is 1.16 bits per heavy atom. The molecule has 1 aliphatic rings. The molecule has 3 rings (SSSR count). The number of non-ortho nitro benzene ring substituents is 1. The zero-order valence-electron chi connectivity index (χ0n) is 21.6. The molecule has 0 saturated heterocycles. The minimum atomic E-state index is -1.23. The van der Waals surface area contributed by atoms with Crippen molar-refractivity contribution in [2.45, 2.75) is 45.6 Å². The fourth-order valence-corrected chi connectivity index (χ4v) is 4.35. The van der Waals surface area contributed by atoms with E-state index in [9.17, 15) is 29.6 Å². The monoisotopic (exact) mass is 508 g/mol. The third-order valence-corrected chi connectivity index (χ3v) is 6.41. The summed E-state index contributed by atoms with van der Waals surface area (Å²) in [5.74, 6) is -1.40. The SMILES string of the molecule is CC1=C(C(=O)O)C(c2cccc([N+](=O)[O-])c2)N(CCCN(C)C(=O)c2ccc(C(C)(C)C)cc2)C(=O)N1. The number of carbonyl (C=O) groups is 3. The number of nitrogens with zero attached hydrogens (tertiary/aromatic N) is 3. The maximum atomic E-state index is 12.9. The summed E-state index contributed by atoms with van der Waals surface area (Å²) in [6, 6.07) is 11.6. The van der Waals surface area contributed by atoms with E-state index in [4.69, 9.17) is 0 Å². The summed E-state index contributed by atoms with van der Waals surface area (Å²) in [6.45, 7) is 8.22. The first-order valence-electron chi connectivity index (χ1n) is 11.9. The maximum Gasteiger partial charge on any atom is 0.335 e. The summed E-state index contributed by atoms with van der Waals surface area (Å²) in [4.78, 5) is 51.5. The van der Waals surface area contributed by atoms with Crippen LogP contribution in [0.4, 0.5) is 10.5 Å². The first kappa shape index (κ1) is 27.4. The number of nitro benzene ring substituents is 1. The number of rotatable bonds is 8. The molecule has 1 atom stereocenters. The number of carboxylic acid groups (broad SMARTS) is 1. The van der Waals surface area contributed by atoms with Crippen molar-refractivity contribution >= 4 is 23.6 Å². The number of carboxylic acids is 1. The third kappa shape index (κ3) is 6.14. The first-order valence-corrected chi connectivity index (χ1v) is 11.9. The number of hydrogen-bond acceptors (Lipinski definition) is 5. The van der Waals surface area contributed by atoms with Crippen LogP contribution in [0.15, 0.2) is 59.8 Å². The number of benzene rings is 2. The van der Waals surface area contributed by atoms with E-state index in [1.54, 1.807) is 30.1 Å². The van der Waals surface area contributed by atoms with Gasteiger partial charge in [0.2, 0.25) is 0 Å². The van der Waals surface area contributed by atoms with Crippen LogP contribution in [0.25, 0.3) is 0 Å². The quantitative estimate of drug-likeness (QED) is 0.399. The van der Waals surface area contributed by atoms with Gasteiger partial charge in [0.25, 0.3) is 11.6 Å². The third-order valence-electron chi connectivity index (χ3n) is 6.41. The summed E-state index contributed by atoms with van der Waals surface area (Å²) in [7, 11) is 1.67. The van der Waals surface area contributed by atoms with Crippen LogP contribution in [0.2, 0.25) is 0 Å². The molecular weight excluding hydrogens is 476 g/mol. The highest BCUT2D eigenvalue weighted by Gasteiger charge is 2.38. The molecule has 196 valence electrons. The molecule has 1 heterocycles. The minimum absolute atomic E-state index is 0.0280. The van der Waals surface area contributed by atoms with Crippen molar-refractivity contribution in [1.29, 1.82) is 0 Å². The molecule has 0 spiro atoms. The molecule has 2 aromatic carbocycles. The first-order chi connectivity index (χ1) is 17.3. The van der Waals surface area contributed by atoms with E-state index in [1.165, 1.54) is 30.0 Å². The van der Waals surface area contributed by atoms with Crippen LogP contribution in [0, 0.1) is 10.1 Å². The second kappa shape index (κ2) is 10.8. The molecule has 0 saturated carbocycles. The van der Waals surface area contributed by atoms with Crippen LogP contribution in [-0.4, -0.2) is 57.9 Å². The van der Waals surface area contributed by atoms with Gasteiger partial charge in [-0.3, -0.25) is 14.9 Å². The van der Waals surface area contributed by atoms with Crippen molar-refractivity contribution in [1.82, 2.24) is 15.1 Å². The largest absolute Gasteiger partial charge is 0.478 e. The normalized spacial score (nSPS) is 15.9. The summed E-state index contributed by atoms with van der Waals surface area (Å²) in [5.41, 5.74) is 1.87. The fourth-order valence-electron chi connectivity index (χ4n) is 4.35. The highest BCUT2D eigenvalue weighted by Crippen LogP contribution is 2.35. The fraction of sp³-hybridized carbons (Fsp3) is 0.370. The van der Waals surface area contributed by atoms with E-state index >= 15 is 0 Å². The Hall–Kier alpha value is -4.21. The standard InChI is InChI=1S/C27H32N4O6/c1-17-22(25(33)34)23(19-8-6-9-21(16-19)31(36)37)30(26(35)28-17)15-7-14-29(5)24(32)18-10-12-20(13-11-18)27(2,3)4/h6,8-13,16,23H,7,14-15H2,1-5H3,(H,28,35)(H,33,34). The summed E-state index contributed by atoms with van der Waals surface area (Å²) < 4.78 is 0. The minimum Gasteiger partial charge on any atom is -0.478 e. The van der Waals surface area contributed by atoms with Crippen LogP contribution in [0.1, 0.15) is 61.6 Å². The summed E-state index contributed by atoms with van der Waals surface area (Å²) in [5, 5.41) is 23.8. The van der Waals surface area contributed by atoms with Gasteiger partial charge in [0, 0.05) is 43.5 Å². The maximum absolute atomic E-state index is 12.9. The smallest absolute Gasteiger partial charge is 0.335 e. The Kier molecular flexibility index (Phi) is 8.00. The van der Waals surface area contributed by atoms with Gasteiger partial charge in [-0.15, -0.1) is 0 Å². The predicted octanol–water partition coefficient (Wildman–Crippen LogP) is 4.48. The Morgan fingerprint density at radius 2 is 1.81 bits per heavy atom. The zero-order valence-corrected chi connectivity index (χ0v) is 21.6. The number of amides is 3. The Morgan fingerprint density at radius 3 is 2.38 bits per heavy atom. The predicted molar refractivity (Wildman–Crippen MR) is 138 cm³/mol. The number of hydrogen-bond donors (Lipinski definition) is 2. The van der Waals surface area contributed by atoms with Gasteiger partial charge in [0.05, 0.1) is 16.5 Å². The lowest BCUT2D eigenvalue weighted by molar-refractivity contribution is -0.384. The van der Waals surface area contributed by atoms with Gasteiger partial charge >= 0.3 is 12.0 Å². The van der Waals surface area contributed by atoms with Gasteiger partial charge in [0.1, 0.15) is 0 Å². The molecule has 1 aliphatic heterocycles. The van der Waals surface area contributed by atoms with Crippen molar-refractivity contribution in [2.24, 2.45) is 0 Å². The average Bonchev–Trinajstić information content (AvgIpc) is 2.83. The summed E-state index contributed by atoms with van der Waals surface area (Å²) >= 11 is 0. The van der Waals surface area contributed by atoms with Crippen LogP contribution < -0.4 is 5.32 Å². The number of urea groups is 1. The number of nitro groups is 1. The molecular formula is C27H32N4O6. The molecule has 10 heteroatoms. The van der Waals surface area contributed by atoms with E-state index in [2.05, 4.69) is 26.1 Å². The van der Waals surface area contributed by atoms with Crippen molar-refractivity contribution < 1.29 is 24.4 Å². The van der Waals surface area contributed by atoms with Crippen molar-refractivity contribution in [2.75, 3.05) is 20.1 Å². The van der Waals surface area contributed by atoms with Gasteiger partial charge in [-0.05, 0) is 42.0 Å². The Labute approximate surface area is 215 Å². The van der Waals surface area contributed by atoms with E-state index < -0.39 is 23.0 Å². The second-order valence-electron chi connectivity index (χ2n) is 10.1. The number of aliphatic carboxylic acids is 1. The molecule has 10 nitrogen and oxygen atoms in total. The molecule has 3 amide bonds. The van der Waals surface area contributed by atoms with Crippen molar-refractivity contribution in [3.63, 3.8) is 0 Å². The van der Waals surface area contributed by atoms with Crippen molar-refractivity contribution in [3.8, 4) is 0 Å². The van der Waals surface area contributed by atoms with Gasteiger partial charge in [-0.1, -0.05) is 45.0 Å². The molecule has 0 fully saturated rings. The highest BCUT2D eigenvalue weighted by atomic mass is 16.6. The lowest BCUT2D eigenvalue weighted by Crippen LogP contribution is -2.49. The van der Waals surface area contributed by atoms with E-state index in [1.807, 2.05) is 12.1 Å². The molecule has 0 radical (unpaired) electrons. The molecule has 37 heavy (non-hydrogen) atoms. The number of allylic oxidation sites excluding steroid dienone is 1. The van der Waals surface area contributed by atoms with Crippen LogP contribution >= 0.6 is 0 Å². The van der Waals surface area contributed by atoms with Gasteiger partial charge in [0.15, 0.2) is 0 Å². The van der Waals surface area contributed by atoms with Crippen molar-refractivity contribution in [3.05, 3.63) is 86.6 Å². The number of nitrogens with one attached hydrogen (secondary N) is 1. The van der Waals surface area contributed by atoms with Crippen LogP contribution in [-0.2, 0) is 10.2 Å². The molecule has 0 aromatic heterocycles. The average molecular weight is 509 g/mol. The second-order valence-corrected chi connectivity index (χ2v) is 10.1. The molecule has 1 unspecified atom stereocenters.